The average molecular weight is 319 g/mol. The van der Waals surface area contributed by atoms with E-state index in [1.807, 2.05) is 30.3 Å². The maximum absolute atomic E-state index is 5.84. The fraction of sp³-hybridized carbons (Fsp3) is 0.300. The van der Waals surface area contributed by atoms with Crippen molar-refractivity contribution in [2.45, 2.75) is 26.1 Å². The fourth-order valence-electron chi connectivity index (χ4n) is 3.36. The predicted molar refractivity (Wildman–Crippen MR) is 97.2 cm³/mol. The summed E-state index contributed by atoms with van der Waals surface area (Å²) in [7, 11) is 0. The molecule has 1 aliphatic heterocycles. The number of ether oxygens (including phenoxy) is 1. The molecule has 0 radical (unpaired) electrons. The Morgan fingerprint density at radius 3 is 2.29 bits per heavy atom. The lowest BCUT2D eigenvalue weighted by Crippen LogP contribution is -2.46. The third-order valence-corrected chi connectivity index (χ3v) is 4.34. The molecule has 3 aromatic rings. The molecule has 0 N–H and O–H groups in total. The van der Waals surface area contributed by atoms with E-state index in [0.29, 0.717) is 0 Å². The Morgan fingerprint density at radius 1 is 0.875 bits per heavy atom. The van der Waals surface area contributed by atoms with Crippen LogP contribution in [0.15, 0.2) is 54.6 Å². The molecule has 4 nitrogen and oxygen atoms in total. The highest BCUT2D eigenvalue weighted by molar-refractivity contribution is 5.93. The molecule has 122 valence electrons. The van der Waals surface area contributed by atoms with Gasteiger partial charge >= 0.3 is 0 Å². The van der Waals surface area contributed by atoms with Crippen molar-refractivity contribution in [2.75, 3.05) is 18.0 Å². The van der Waals surface area contributed by atoms with Crippen LogP contribution in [0.3, 0.4) is 0 Å². The number of morpholine rings is 1. The summed E-state index contributed by atoms with van der Waals surface area (Å²) in [5.74, 6) is 0.787. The van der Waals surface area contributed by atoms with Crippen molar-refractivity contribution in [3.63, 3.8) is 0 Å². The van der Waals surface area contributed by atoms with Crippen LogP contribution in [0.4, 0.5) is 5.95 Å². The molecule has 2 heterocycles. The number of hydrogen-bond donors (Lipinski definition) is 0. The molecule has 1 saturated heterocycles. The molecule has 4 rings (SSSR count). The molecule has 0 amide bonds. The maximum Gasteiger partial charge on any atom is 0.226 e. The molecule has 0 spiro atoms. The minimum atomic E-state index is 0.184. The van der Waals surface area contributed by atoms with Crippen LogP contribution >= 0.6 is 0 Å². The van der Waals surface area contributed by atoms with Crippen molar-refractivity contribution < 1.29 is 4.74 Å². The first-order chi connectivity index (χ1) is 11.7. The third kappa shape index (κ3) is 2.85. The molecule has 2 aromatic carbocycles. The largest absolute Gasteiger partial charge is 0.372 e. The van der Waals surface area contributed by atoms with E-state index < -0.39 is 0 Å². The van der Waals surface area contributed by atoms with Crippen LogP contribution in [0.5, 0.6) is 0 Å². The van der Waals surface area contributed by atoms with E-state index in [0.717, 1.165) is 41.2 Å². The van der Waals surface area contributed by atoms with Crippen LogP contribution in [0.25, 0.3) is 22.2 Å². The van der Waals surface area contributed by atoms with Gasteiger partial charge in [0.15, 0.2) is 0 Å². The van der Waals surface area contributed by atoms with E-state index in [2.05, 4.69) is 43.0 Å². The van der Waals surface area contributed by atoms with Crippen LogP contribution < -0.4 is 4.90 Å². The molecule has 2 unspecified atom stereocenters. The first-order valence-corrected chi connectivity index (χ1v) is 8.43. The molecular weight excluding hydrogens is 298 g/mol. The van der Waals surface area contributed by atoms with Crippen molar-refractivity contribution in [1.82, 2.24) is 9.97 Å². The molecule has 1 aromatic heterocycles. The smallest absolute Gasteiger partial charge is 0.226 e. The average Bonchev–Trinajstić information content (AvgIpc) is 2.61. The summed E-state index contributed by atoms with van der Waals surface area (Å²) in [5, 5.41) is 1.09. The van der Waals surface area contributed by atoms with E-state index in [9.17, 15) is 0 Å². The SMILES string of the molecule is CC1CN(c2nc(-c3ccccc3)c3ccccc3n2)CC(C)O1. The summed E-state index contributed by atoms with van der Waals surface area (Å²) in [5.41, 5.74) is 3.09. The number of aromatic nitrogens is 2. The first kappa shape index (κ1) is 15.1. The quantitative estimate of drug-likeness (QED) is 0.718. The summed E-state index contributed by atoms with van der Waals surface area (Å²) >= 11 is 0. The standard InChI is InChI=1S/C20H21N3O/c1-14-12-23(13-15(2)24-14)20-21-18-11-7-6-10-17(18)19(22-20)16-8-4-3-5-9-16/h3-11,14-15H,12-13H2,1-2H3. The van der Waals surface area contributed by atoms with Gasteiger partial charge in [0.2, 0.25) is 5.95 Å². The molecule has 2 atom stereocenters. The number of anilines is 1. The molecule has 0 aliphatic carbocycles. The molecule has 1 fully saturated rings. The lowest BCUT2D eigenvalue weighted by Gasteiger charge is -2.35. The van der Waals surface area contributed by atoms with Gasteiger partial charge < -0.3 is 9.64 Å². The monoisotopic (exact) mass is 319 g/mol. The summed E-state index contributed by atoms with van der Waals surface area (Å²) in [6.45, 7) is 5.83. The Bertz CT molecular complexity index is 840. The lowest BCUT2D eigenvalue weighted by molar-refractivity contribution is -0.00569. The van der Waals surface area contributed by atoms with Gasteiger partial charge in [0.1, 0.15) is 0 Å². The molecule has 4 heteroatoms. The van der Waals surface area contributed by atoms with Gasteiger partial charge in [-0.05, 0) is 19.9 Å². The van der Waals surface area contributed by atoms with Gasteiger partial charge in [-0.3, -0.25) is 0 Å². The number of benzene rings is 2. The van der Waals surface area contributed by atoms with Crippen LogP contribution in [-0.2, 0) is 4.74 Å². The van der Waals surface area contributed by atoms with E-state index >= 15 is 0 Å². The number of hydrogen-bond acceptors (Lipinski definition) is 4. The van der Waals surface area contributed by atoms with Crippen molar-refractivity contribution in [2.24, 2.45) is 0 Å². The number of nitrogens with zero attached hydrogens (tertiary/aromatic N) is 3. The van der Waals surface area contributed by atoms with Crippen LogP contribution in [-0.4, -0.2) is 35.3 Å². The molecule has 0 bridgehead atoms. The zero-order valence-corrected chi connectivity index (χ0v) is 14.0. The highest BCUT2D eigenvalue weighted by Gasteiger charge is 2.25. The van der Waals surface area contributed by atoms with Gasteiger partial charge in [-0.1, -0.05) is 48.5 Å². The number of rotatable bonds is 2. The molecule has 24 heavy (non-hydrogen) atoms. The van der Waals surface area contributed by atoms with Crippen LogP contribution in [0.1, 0.15) is 13.8 Å². The Hall–Kier alpha value is -2.46. The molecular formula is C20H21N3O. The second-order valence-corrected chi connectivity index (χ2v) is 6.42. The van der Waals surface area contributed by atoms with Gasteiger partial charge in [-0.15, -0.1) is 0 Å². The number of para-hydroxylation sites is 1. The van der Waals surface area contributed by atoms with E-state index in [-0.39, 0.29) is 12.2 Å². The predicted octanol–water partition coefficient (Wildman–Crippen LogP) is 3.91. The van der Waals surface area contributed by atoms with Gasteiger partial charge in [0.05, 0.1) is 23.4 Å². The third-order valence-electron chi connectivity index (χ3n) is 4.34. The van der Waals surface area contributed by atoms with Crippen LogP contribution in [0.2, 0.25) is 0 Å². The van der Waals surface area contributed by atoms with Gasteiger partial charge in [-0.2, -0.15) is 0 Å². The summed E-state index contributed by atoms with van der Waals surface area (Å²) in [6, 6.07) is 18.5. The van der Waals surface area contributed by atoms with Gasteiger partial charge in [0, 0.05) is 24.0 Å². The van der Waals surface area contributed by atoms with Crippen LogP contribution in [0, 0.1) is 0 Å². The Balaban J connectivity index is 1.86. The summed E-state index contributed by atoms with van der Waals surface area (Å²) in [6.07, 6.45) is 0.369. The van der Waals surface area contributed by atoms with Gasteiger partial charge in [-0.25, -0.2) is 9.97 Å². The zero-order valence-electron chi connectivity index (χ0n) is 14.0. The second-order valence-electron chi connectivity index (χ2n) is 6.42. The van der Waals surface area contributed by atoms with Crippen molar-refractivity contribution in [3.05, 3.63) is 54.6 Å². The minimum Gasteiger partial charge on any atom is -0.372 e. The Kier molecular flexibility index (Phi) is 3.90. The lowest BCUT2D eigenvalue weighted by atomic mass is 10.1. The van der Waals surface area contributed by atoms with Crippen molar-refractivity contribution in [1.29, 1.82) is 0 Å². The molecule has 1 aliphatic rings. The van der Waals surface area contributed by atoms with Crippen molar-refractivity contribution >= 4 is 16.9 Å². The summed E-state index contributed by atoms with van der Waals surface area (Å²) in [4.78, 5) is 12.0. The number of fused-ring (bicyclic) bond motifs is 1. The normalized spacial score (nSPS) is 21.2. The highest BCUT2D eigenvalue weighted by atomic mass is 16.5. The minimum absolute atomic E-state index is 0.184. The zero-order chi connectivity index (χ0) is 16.5. The van der Waals surface area contributed by atoms with Gasteiger partial charge in [0.25, 0.3) is 0 Å². The molecule has 0 saturated carbocycles. The van der Waals surface area contributed by atoms with E-state index in [1.165, 1.54) is 0 Å². The van der Waals surface area contributed by atoms with E-state index in [4.69, 9.17) is 14.7 Å². The second kappa shape index (κ2) is 6.21. The maximum atomic E-state index is 5.84. The summed E-state index contributed by atoms with van der Waals surface area (Å²) < 4.78 is 5.84. The van der Waals surface area contributed by atoms with E-state index in [1.54, 1.807) is 0 Å². The topological polar surface area (TPSA) is 38.2 Å². The first-order valence-electron chi connectivity index (χ1n) is 8.43. The highest BCUT2D eigenvalue weighted by Crippen LogP contribution is 2.29. The fourth-order valence-corrected chi connectivity index (χ4v) is 3.36. The Morgan fingerprint density at radius 2 is 1.54 bits per heavy atom. The van der Waals surface area contributed by atoms with Crippen molar-refractivity contribution in [3.8, 4) is 11.3 Å². The Labute approximate surface area is 142 Å².